The maximum absolute atomic E-state index is 12.6. The lowest BCUT2D eigenvalue weighted by Gasteiger charge is -2.06. The molecule has 0 bridgehead atoms. The van der Waals surface area contributed by atoms with Crippen molar-refractivity contribution in [2.24, 2.45) is 0 Å². The molecule has 0 unspecified atom stereocenters. The van der Waals surface area contributed by atoms with Gasteiger partial charge in [0.05, 0.1) is 11.2 Å². The Morgan fingerprint density at radius 2 is 1.54 bits per heavy atom. The molecule has 1 N–H and O–H groups in total. The summed E-state index contributed by atoms with van der Waals surface area (Å²) in [5.41, 5.74) is 1.17. The lowest BCUT2D eigenvalue weighted by atomic mass is 10.2. The molecule has 128 valence electrons. The molecule has 2 aromatic carbocycles. The van der Waals surface area contributed by atoms with Crippen LogP contribution in [0.25, 0.3) is 10.3 Å². The minimum atomic E-state index is -0.219. The van der Waals surface area contributed by atoms with E-state index in [9.17, 15) is 9.59 Å². The largest absolute Gasteiger partial charge is 0.454 e. The van der Waals surface area contributed by atoms with Gasteiger partial charge in [-0.05, 0) is 30.0 Å². The number of carbonyl (C=O) groups excluding carboxylic acids is 2. The second-order valence-electron chi connectivity index (χ2n) is 5.46. The van der Waals surface area contributed by atoms with Crippen LogP contribution in [0.15, 0.2) is 82.3 Å². The van der Waals surface area contributed by atoms with Gasteiger partial charge < -0.3 is 9.73 Å². The first kappa shape index (κ1) is 16.6. The Bertz CT molecular complexity index is 1070. The number of rotatable bonds is 4. The number of anilines is 1. The predicted molar refractivity (Wildman–Crippen MR) is 105 cm³/mol. The number of hydrogen-bond donors (Lipinski definition) is 1. The Morgan fingerprint density at radius 3 is 2.23 bits per heavy atom. The first-order valence-electron chi connectivity index (χ1n) is 7.86. The molecule has 0 aliphatic carbocycles. The fourth-order valence-corrected chi connectivity index (χ4v) is 4.56. The maximum atomic E-state index is 12.6. The summed E-state index contributed by atoms with van der Waals surface area (Å²) in [5.74, 6) is -0.219. The van der Waals surface area contributed by atoms with Crippen LogP contribution in [0, 0.1) is 0 Å². The molecule has 0 spiro atoms. The molecule has 4 aromatic rings. The minimum Gasteiger partial charge on any atom is -0.454 e. The van der Waals surface area contributed by atoms with Crippen LogP contribution in [0.1, 0.15) is 20.7 Å². The van der Waals surface area contributed by atoms with Crippen molar-refractivity contribution in [3.8, 4) is 0 Å². The van der Waals surface area contributed by atoms with Crippen molar-refractivity contribution >= 4 is 49.4 Å². The van der Waals surface area contributed by atoms with Crippen molar-refractivity contribution in [3.63, 3.8) is 0 Å². The Hall–Kier alpha value is -2.83. The van der Waals surface area contributed by atoms with Gasteiger partial charge in [-0.25, -0.2) is 0 Å². The molecule has 6 heteroatoms. The van der Waals surface area contributed by atoms with Crippen molar-refractivity contribution in [3.05, 3.63) is 84.1 Å². The van der Waals surface area contributed by atoms with Crippen LogP contribution in [0.3, 0.4) is 0 Å². The smallest absolute Gasteiger partial charge is 0.256 e. The molecule has 0 saturated heterocycles. The van der Waals surface area contributed by atoms with Gasteiger partial charge >= 0.3 is 0 Å². The van der Waals surface area contributed by atoms with Crippen molar-refractivity contribution < 1.29 is 14.0 Å². The van der Waals surface area contributed by atoms with E-state index in [0.717, 1.165) is 17.1 Å². The van der Waals surface area contributed by atoms with E-state index in [1.165, 1.54) is 11.3 Å². The van der Waals surface area contributed by atoms with E-state index >= 15 is 0 Å². The summed E-state index contributed by atoms with van der Waals surface area (Å²) < 4.78 is 5.46. The lowest BCUT2D eigenvalue weighted by Crippen LogP contribution is -2.11. The van der Waals surface area contributed by atoms with Gasteiger partial charge in [-0.3, -0.25) is 9.59 Å². The highest BCUT2D eigenvalue weighted by atomic mass is 32.2. The Morgan fingerprint density at radius 1 is 0.885 bits per heavy atom. The quantitative estimate of drug-likeness (QED) is 0.464. The third-order valence-electron chi connectivity index (χ3n) is 3.74. The van der Waals surface area contributed by atoms with Crippen LogP contribution in [0.5, 0.6) is 0 Å². The molecule has 1 amide bonds. The van der Waals surface area contributed by atoms with Crippen LogP contribution in [0.4, 0.5) is 5.00 Å². The number of nitrogens with one attached hydrogen (secondary N) is 1. The van der Waals surface area contributed by atoms with E-state index in [1.54, 1.807) is 30.5 Å². The first-order chi connectivity index (χ1) is 12.7. The molecule has 0 saturated carbocycles. The third-order valence-corrected chi connectivity index (χ3v) is 5.93. The maximum Gasteiger partial charge on any atom is 0.256 e. The van der Waals surface area contributed by atoms with Crippen molar-refractivity contribution in [1.29, 1.82) is 0 Å². The van der Waals surface area contributed by atoms with Gasteiger partial charge in [-0.15, -0.1) is 0 Å². The molecular formula is C20H13NO3S2. The average molecular weight is 379 g/mol. The van der Waals surface area contributed by atoms with Gasteiger partial charge in [0, 0.05) is 16.5 Å². The van der Waals surface area contributed by atoms with Crippen molar-refractivity contribution in [2.45, 2.75) is 4.90 Å². The van der Waals surface area contributed by atoms with Crippen LogP contribution < -0.4 is 5.32 Å². The fraction of sp³-hybridized carbons (Fsp3) is 0. The molecule has 26 heavy (non-hydrogen) atoms. The zero-order valence-corrected chi connectivity index (χ0v) is 15.1. The second-order valence-corrected chi connectivity index (χ2v) is 7.42. The summed E-state index contributed by atoms with van der Waals surface area (Å²) in [6.45, 7) is 0. The Kier molecular flexibility index (Phi) is 4.60. The number of amides is 1. The normalized spacial score (nSPS) is 10.8. The molecule has 0 aliphatic rings. The van der Waals surface area contributed by atoms with Gasteiger partial charge in [-0.1, -0.05) is 59.9 Å². The van der Waals surface area contributed by atoms with E-state index in [2.05, 4.69) is 5.32 Å². The van der Waals surface area contributed by atoms with Gasteiger partial charge in [0.15, 0.2) is 4.90 Å². The number of carbonyl (C=O) groups is 2. The van der Waals surface area contributed by atoms with Crippen LogP contribution in [-0.2, 0) is 0 Å². The number of hydrogen-bond acceptors (Lipinski definition) is 5. The van der Waals surface area contributed by atoms with E-state index in [1.807, 2.05) is 42.5 Å². The van der Waals surface area contributed by atoms with E-state index in [-0.39, 0.29) is 11.0 Å². The summed E-state index contributed by atoms with van der Waals surface area (Å²) in [5, 5.41) is 4.26. The molecule has 2 aromatic heterocycles. The summed E-state index contributed by atoms with van der Waals surface area (Å²) in [4.78, 5) is 26.5. The van der Waals surface area contributed by atoms with E-state index in [4.69, 9.17) is 4.42 Å². The molecular weight excluding hydrogens is 366 g/mol. The zero-order chi connectivity index (χ0) is 17.9. The highest BCUT2D eigenvalue weighted by molar-refractivity contribution is 8.14. The number of fused-ring (bicyclic) bond motifs is 1. The number of thiophene rings is 1. The summed E-state index contributed by atoms with van der Waals surface area (Å²) >= 11 is 2.42. The van der Waals surface area contributed by atoms with Crippen LogP contribution in [-0.4, -0.2) is 11.0 Å². The third kappa shape index (κ3) is 3.29. The molecule has 2 heterocycles. The zero-order valence-electron chi connectivity index (χ0n) is 13.5. The van der Waals surface area contributed by atoms with Crippen LogP contribution in [0.2, 0.25) is 0 Å². The SMILES string of the molecule is O=C(Nc1sc2occc2c1SC(=O)c1ccccc1)c1ccccc1. The first-order valence-corrected chi connectivity index (χ1v) is 9.49. The summed E-state index contributed by atoms with van der Waals surface area (Å²) in [7, 11) is 0. The van der Waals surface area contributed by atoms with Gasteiger partial charge in [0.25, 0.3) is 5.91 Å². The number of furan rings is 1. The molecule has 4 nitrogen and oxygen atoms in total. The van der Waals surface area contributed by atoms with Crippen LogP contribution >= 0.6 is 23.1 Å². The molecule has 0 aliphatic heterocycles. The predicted octanol–water partition coefficient (Wildman–Crippen LogP) is 5.68. The summed E-state index contributed by atoms with van der Waals surface area (Å²) in [6.07, 6.45) is 1.58. The standard InChI is InChI=1S/C20H13NO3S2/c22-17(13-7-3-1-4-8-13)21-18-16(15-11-12-24-20(15)26-18)25-19(23)14-9-5-2-6-10-14/h1-12H,(H,21,22). The van der Waals surface area contributed by atoms with E-state index < -0.39 is 0 Å². The van der Waals surface area contributed by atoms with Gasteiger partial charge in [0.2, 0.25) is 5.12 Å². The second kappa shape index (κ2) is 7.19. The monoisotopic (exact) mass is 379 g/mol. The topological polar surface area (TPSA) is 59.3 Å². The summed E-state index contributed by atoms with van der Waals surface area (Å²) in [6, 6.07) is 19.8. The minimum absolute atomic E-state index is 0.0817. The molecule has 0 fully saturated rings. The highest BCUT2D eigenvalue weighted by Gasteiger charge is 2.21. The van der Waals surface area contributed by atoms with Crippen molar-refractivity contribution in [1.82, 2.24) is 0 Å². The number of benzene rings is 2. The molecule has 4 rings (SSSR count). The Balaban J connectivity index is 1.65. The molecule has 0 radical (unpaired) electrons. The Labute approximate surface area is 157 Å². The molecule has 0 atom stereocenters. The lowest BCUT2D eigenvalue weighted by molar-refractivity contribution is 0.102. The van der Waals surface area contributed by atoms with Crippen molar-refractivity contribution in [2.75, 3.05) is 5.32 Å². The van der Waals surface area contributed by atoms with E-state index in [0.29, 0.717) is 25.9 Å². The number of thioether (sulfide) groups is 1. The highest BCUT2D eigenvalue weighted by Crippen LogP contribution is 2.44. The average Bonchev–Trinajstić information content (AvgIpc) is 3.26. The fourth-order valence-electron chi connectivity index (χ4n) is 2.48. The van der Waals surface area contributed by atoms with Gasteiger partial charge in [-0.2, -0.15) is 0 Å². The van der Waals surface area contributed by atoms with Gasteiger partial charge in [0.1, 0.15) is 5.00 Å².